The third kappa shape index (κ3) is 5.04. The number of fused-ring (bicyclic) bond motifs is 3. The number of aliphatic carboxylic acids is 1. The smallest absolute Gasteiger partial charge is 0.407 e. The Labute approximate surface area is 206 Å². The zero-order valence-electron chi connectivity index (χ0n) is 20.7. The zero-order chi connectivity index (χ0) is 25.3. The molecule has 2 aliphatic carbocycles. The van der Waals surface area contributed by atoms with Crippen molar-refractivity contribution in [1.82, 2.24) is 10.6 Å². The van der Waals surface area contributed by atoms with Gasteiger partial charge in [0.1, 0.15) is 6.61 Å². The molecule has 0 saturated heterocycles. The van der Waals surface area contributed by atoms with Gasteiger partial charge < -0.3 is 20.5 Å². The van der Waals surface area contributed by atoms with Crippen molar-refractivity contribution in [2.24, 2.45) is 23.2 Å². The first-order valence-electron chi connectivity index (χ1n) is 12.2. The van der Waals surface area contributed by atoms with Gasteiger partial charge in [-0.2, -0.15) is 0 Å². The maximum atomic E-state index is 12.7. The van der Waals surface area contributed by atoms with E-state index in [4.69, 9.17) is 4.74 Å². The zero-order valence-corrected chi connectivity index (χ0v) is 20.7. The highest BCUT2D eigenvalue weighted by Gasteiger charge is 2.46. The van der Waals surface area contributed by atoms with Gasteiger partial charge in [-0.3, -0.25) is 9.59 Å². The third-order valence-electron chi connectivity index (χ3n) is 7.40. The van der Waals surface area contributed by atoms with E-state index in [0.29, 0.717) is 13.0 Å². The summed E-state index contributed by atoms with van der Waals surface area (Å²) in [6, 6.07) is 15.9. The first-order chi connectivity index (χ1) is 16.6. The van der Waals surface area contributed by atoms with Gasteiger partial charge in [0.2, 0.25) is 5.91 Å². The molecule has 2 aliphatic rings. The fourth-order valence-electron chi connectivity index (χ4n) is 5.23. The molecule has 7 nitrogen and oxygen atoms in total. The number of hydrogen-bond donors (Lipinski definition) is 3. The highest BCUT2D eigenvalue weighted by Crippen LogP contribution is 2.44. The summed E-state index contributed by atoms with van der Waals surface area (Å²) in [4.78, 5) is 36.8. The minimum absolute atomic E-state index is 0.00171. The van der Waals surface area contributed by atoms with E-state index in [1.54, 1.807) is 13.8 Å². The van der Waals surface area contributed by atoms with Crippen molar-refractivity contribution < 1.29 is 24.2 Å². The number of ether oxygens (including phenoxy) is 1. The van der Waals surface area contributed by atoms with Crippen molar-refractivity contribution in [3.63, 3.8) is 0 Å². The molecule has 4 rings (SSSR count). The molecule has 2 aromatic rings. The highest BCUT2D eigenvalue weighted by atomic mass is 16.5. The number of nitrogens with one attached hydrogen (secondary N) is 2. The molecule has 1 unspecified atom stereocenters. The van der Waals surface area contributed by atoms with Crippen LogP contribution in [0.3, 0.4) is 0 Å². The Bertz CT molecular complexity index is 1080. The van der Waals surface area contributed by atoms with Gasteiger partial charge >= 0.3 is 12.1 Å². The summed E-state index contributed by atoms with van der Waals surface area (Å²) in [7, 11) is 0. The molecule has 2 amide bonds. The first-order valence-corrected chi connectivity index (χ1v) is 12.2. The molecule has 186 valence electrons. The standard InChI is InChI=1S/C28H34N2O5/c1-16(2)24(28(3,4)26(32)33)30-25(31)22-13-17(22)14-29-27(34)35-15-23-20-11-7-5-9-18(20)19-10-6-8-12-21(19)23/h5-12,16-17,22-24H,13-15H2,1-4H3,(H,29,34)(H,30,31)(H,32,33)/t17-,22-,24?/m1/s1. The van der Waals surface area contributed by atoms with Crippen molar-refractivity contribution in [2.75, 3.05) is 13.2 Å². The van der Waals surface area contributed by atoms with Gasteiger partial charge in [-0.15, -0.1) is 0 Å². The van der Waals surface area contributed by atoms with Gasteiger partial charge in [0.05, 0.1) is 5.41 Å². The van der Waals surface area contributed by atoms with Crippen LogP contribution in [0.25, 0.3) is 11.1 Å². The topological polar surface area (TPSA) is 105 Å². The Kier molecular flexibility index (Phi) is 6.88. The molecule has 0 aromatic heterocycles. The average molecular weight is 479 g/mol. The summed E-state index contributed by atoms with van der Waals surface area (Å²) in [6.07, 6.45) is 0.165. The summed E-state index contributed by atoms with van der Waals surface area (Å²) in [5.41, 5.74) is 3.59. The lowest BCUT2D eigenvalue weighted by molar-refractivity contribution is -0.150. The number of carbonyl (C=O) groups is 3. The molecular formula is C28H34N2O5. The maximum absolute atomic E-state index is 12.7. The molecule has 1 fully saturated rings. The molecule has 0 radical (unpaired) electrons. The highest BCUT2D eigenvalue weighted by molar-refractivity contribution is 5.84. The van der Waals surface area contributed by atoms with Crippen LogP contribution in [0.15, 0.2) is 48.5 Å². The number of alkyl carbamates (subject to hydrolysis) is 1. The Morgan fingerprint density at radius 1 is 1.03 bits per heavy atom. The van der Waals surface area contributed by atoms with Gasteiger partial charge in [-0.1, -0.05) is 62.4 Å². The summed E-state index contributed by atoms with van der Waals surface area (Å²) in [5, 5.41) is 15.3. The molecule has 0 bridgehead atoms. The van der Waals surface area contributed by atoms with Crippen molar-refractivity contribution in [3.05, 3.63) is 59.7 Å². The quantitative estimate of drug-likeness (QED) is 0.495. The lowest BCUT2D eigenvalue weighted by Gasteiger charge is -2.34. The van der Waals surface area contributed by atoms with Crippen LogP contribution in [0.2, 0.25) is 0 Å². The van der Waals surface area contributed by atoms with Crippen LogP contribution in [0.5, 0.6) is 0 Å². The lowest BCUT2D eigenvalue weighted by Crippen LogP contribution is -2.52. The normalized spacial score (nSPS) is 19.5. The molecule has 2 aromatic carbocycles. The van der Waals surface area contributed by atoms with Crippen molar-refractivity contribution in [1.29, 1.82) is 0 Å². The van der Waals surface area contributed by atoms with Gasteiger partial charge in [0, 0.05) is 24.4 Å². The third-order valence-corrected chi connectivity index (χ3v) is 7.40. The fourth-order valence-corrected chi connectivity index (χ4v) is 5.23. The van der Waals surface area contributed by atoms with Crippen LogP contribution in [0, 0.1) is 23.2 Å². The number of benzene rings is 2. The first kappa shape index (κ1) is 24.8. The van der Waals surface area contributed by atoms with Gasteiger partial charge in [0.25, 0.3) is 0 Å². The summed E-state index contributed by atoms with van der Waals surface area (Å²) in [6.45, 7) is 7.66. The molecule has 7 heteroatoms. The molecule has 1 saturated carbocycles. The van der Waals surface area contributed by atoms with E-state index in [1.165, 1.54) is 11.1 Å². The van der Waals surface area contributed by atoms with E-state index in [9.17, 15) is 19.5 Å². The number of carbonyl (C=O) groups excluding carboxylic acids is 2. The molecule has 0 aliphatic heterocycles. The van der Waals surface area contributed by atoms with Gasteiger partial charge in [0.15, 0.2) is 0 Å². The van der Waals surface area contributed by atoms with E-state index in [-0.39, 0.29) is 36.2 Å². The minimum Gasteiger partial charge on any atom is -0.481 e. The van der Waals surface area contributed by atoms with E-state index in [1.807, 2.05) is 38.1 Å². The maximum Gasteiger partial charge on any atom is 0.407 e. The summed E-state index contributed by atoms with van der Waals surface area (Å²) < 4.78 is 5.56. The van der Waals surface area contributed by atoms with Crippen LogP contribution in [0.1, 0.15) is 51.2 Å². The molecule has 35 heavy (non-hydrogen) atoms. The van der Waals surface area contributed by atoms with E-state index in [2.05, 4.69) is 34.9 Å². The van der Waals surface area contributed by atoms with E-state index in [0.717, 1.165) is 11.1 Å². The molecule has 0 heterocycles. The molecule has 0 spiro atoms. The Morgan fingerprint density at radius 3 is 2.14 bits per heavy atom. The van der Waals surface area contributed by atoms with Crippen LogP contribution < -0.4 is 10.6 Å². The second-order valence-electron chi connectivity index (χ2n) is 10.6. The van der Waals surface area contributed by atoms with Gasteiger partial charge in [-0.05, 0) is 54.4 Å². The lowest BCUT2D eigenvalue weighted by atomic mass is 9.78. The Balaban J connectivity index is 1.26. The number of amides is 2. The SMILES string of the molecule is CC(C)C(NC(=O)[C@@H]1C[C@@H]1CNC(=O)OCC1c2ccccc2-c2ccccc21)C(C)(C)C(=O)O. The van der Waals surface area contributed by atoms with Crippen molar-refractivity contribution in [3.8, 4) is 11.1 Å². The van der Waals surface area contributed by atoms with Crippen LogP contribution in [-0.4, -0.2) is 42.3 Å². The Morgan fingerprint density at radius 2 is 1.60 bits per heavy atom. The predicted molar refractivity (Wildman–Crippen MR) is 133 cm³/mol. The summed E-state index contributed by atoms with van der Waals surface area (Å²) >= 11 is 0. The number of carboxylic acids is 1. The van der Waals surface area contributed by atoms with Crippen LogP contribution in [0.4, 0.5) is 4.79 Å². The van der Waals surface area contributed by atoms with Gasteiger partial charge in [-0.25, -0.2) is 4.79 Å². The van der Waals surface area contributed by atoms with Crippen molar-refractivity contribution >= 4 is 18.0 Å². The Hall–Kier alpha value is -3.35. The number of carboxylic acid groups (broad SMARTS) is 1. The number of hydrogen-bond acceptors (Lipinski definition) is 4. The largest absolute Gasteiger partial charge is 0.481 e. The predicted octanol–water partition coefficient (Wildman–Crippen LogP) is 4.41. The van der Waals surface area contributed by atoms with Crippen LogP contribution in [-0.2, 0) is 14.3 Å². The average Bonchev–Trinajstić information content (AvgIpc) is 3.54. The fraction of sp³-hybridized carbons (Fsp3) is 0.464. The second kappa shape index (κ2) is 9.72. The monoisotopic (exact) mass is 478 g/mol. The molecule has 3 N–H and O–H groups in total. The summed E-state index contributed by atoms with van der Waals surface area (Å²) in [5.74, 6) is -1.33. The minimum atomic E-state index is -1.08. The molecular weight excluding hydrogens is 444 g/mol. The number of rotatable bonds is 9. The van der Waals surface area contributed by atoms with E-state index < -0.39 is 23.5 Å². The van der Waals surface area contributed by atoms with Crippen molar-refractivity contribution in [2.45, 2.75) is 46.1 Å². The molecule has 3 atom stereocenters. The van der Waals surface area contributed by atoms with E-state index >= 15 is 0 Å². The van der Waals surface area contributed by atoms with Crippen LogP contribution >= 0.6 is 0 Å². The second-order valence-corrected chi connectivity index (χ2v) is 10.6.